The van der Waals surface area contributed by atoms with Crippen molar-refractivity contribution in [2.75, 3.05) is 5.32 Å². The van der Waals surface area contributed by atoms with E-state index in [1.54, 1.807) is 24.4 Å². The first-order chi connectivity index (χ1) is 9.45. The second-order valence-corrected chi connectivity index (χ2v) is 5.87. The molecule has 2 aromatic rings. The van der Waals surface area contributed by atoms with Gasteiger partial charge in [-0.25, -0.2) is 4.98 Å². The highest BCUT2D eigenvalue weighted by Crippen LogP contribution is 2.23. The van der Waals surface area contributed by atoms with E-state index in [0.29, 0.717) is 15.7 Å². The van der Waals surface area contributed by atoms with Gasteiger partial charge in [-0.2, -0.15) is 0 Å². The number of benzene rings is 1. The molecule has 0 saturated heterocycles. The normalized spacial score (nSPS) is 10.4. The first kappa shape index (κ1) is 15.3. The summed E-state index contributed by atoms with van der Waals surface area (Å²) in [6, 6.07) is 7.00. The number of hydrogen-bond donors (Lipinski definition) is 1. The first-order valence-corrected chi connectivity index (χ1v) is 7.36. The summed E-state index contributed by atoms with van der Waals surface area (Å²) < 4.78 is 0.764. The number of rotatable bonds is 3. The van der Waals surface area contributed by atoms with E-state index in [4.69, 9.17) is 23.2 Å². The standard InChI is InChI=1S/C14H11BrCl2N2O/c1-8-4-10(7-18-14(8)15)19-13(20)6-9-2-3-11(16)12(17)5-9/h2-5,7H,6H2,1H3,(H,19,20). The van der Waals surface area contributed by atoms with E-state index in [1.165, 1.54) is 0 Å². The molecular weight excluding hydrogens is 363 g/mol. The van der Waals surface area contributed by atoms with Crippen LogP contribution in [0, 0.1) is 6.92 Å². The second kappa shape index (κ2) is 6.57. The third-order valence-electron chi connectivity index (χ3n) is 2.65. The Labute approximate surface area is 135 Å². The lowest BCUT2D eigenvalue weighted by atomic mass is 10.1. The van der Waals surface area contributed by atoms with E-state index >= 15 is 0 Å². The summed E-state index contributed by atoms with van der Waals surface area (Å²) in [4.78, 5) is 16.1. The fourth-order valence-electron chi connectivity index (χ4n) is 1.67. The third kappa shape index (κ3) is 3.95. The third-order valence-corrected chi connectivity index (χ3v) is 4.22. The van der Waals surface area contributed by atoms with Crippen LogP contribution in [0.1, 0.15) is 11.1 Å². The van der Waals surface area contributed by atoms with Crippen LogP contribution in [0.25, 0.3) is 0 Å². The molecule has 0 spiro atoms. The van der Waals surface area contributed by atoms with Gasteiger partial charge in [-0.3, -0.25) is 4.79 Å². The van der Waals surface area contributed by atoms with Gasteiger partial charge in [0.2, 0.25) is 5.91 Å². The lowest BCUT2D eigenvalue weighted by Crippen LogP contribution is -2.14. The van der Waals surface area contributed by atoms with E-state index in [-0.39, 0.29) is 12.3 Å². The molecule has 0 aliphatic heterocycles. The Morgan fingerprint density at radius 3 is 2.70 bits per heavy atom. The number of hydrogen-bond acceptors (Lipinski definition) is 2. The molecule has 0 radical (unpaired) electrons. The van der Waals surface area contributed by atoms with Crippen LogP contribution in [0.15, 0.2) is 35.1 Å². The molecule has 1 aromatic carbocycles. The van der Waals surface area contributed by atoms with Crippen molar-refractivity contribution in [2.24, 2.45) is 0 Å². The van der Waals surface area contributed by atoms with Crippen LogP contribution in [0.2, 0.25) is 10.0 Å². The Balaban J connectivity index is 2.04. The lowest BCUT2D eigenvalue weighted by molar-refractivity contribution is -0.115. The van der Waals surface area contributed by atoms with Crippen molar-refractivity contribution in [3.63, 3.8) is 0 Å². The van der Waals surface area contributed by atoms with Gasteiger partial charge in [0.1, 0.15) is 4.60 Å². The number of halogens is 3. The summed E-state index contributed by atoms with van der Waals surface area (Å²) in [5, 5.41) is 3.71. The molecule has 0 atom stereocenters. The highest BCUT2D eigenvalue weighted by Gasteiger charge is 2.07. The predicted octanol–water partition coefficient (Wildman–Crippen LogP) is 4.64. The summed E-state index contributed by atoms with van der Waals surface area (Å²) in [5.41, 5.74) is 2.42. The number of nitrogens with one attached hydrogen (secondary N) is 1. The van der Waals surface area contributed by atoms with Gasteiger partial charge in [-0.05, 0) is 52.2 Å². The molecule has 1 aromatic heterocycles. The van der Waals surface area contributed by atoms with Gasteiger partial charge in [0, 0.05) is 0 Å². The molecule has 2 rings (SSSR count). The van der Waals surface area contributed by atoms with Crippen molar-refractivity contribution < 1.29 is 4.79 Å². The van der Waals surface area contributed by atoms with E-state index in [9.17, 15) is 4.79 Å². The molecule has 0 aliphatic rings. The van der Waals surface area contributed by atoms with Gasteiger partial charge in [0.25, 0.3) is 0 Å². The van der Waals surface area contributed by atoms with Crippen molar-refractivity contribution in [3.8, 4) is 0 Å². The Morgan fingerprint density at radius 1 is 1.30 bits per heavy atom. The largest absolute Gasteiger partial charge is 0.324 e. The zero-order chi connectivity index (χ0) is 14.7. The molecule has 6 heteroatoms. The Kier molecular flexibility index (Phi) is 5.02. The van der Waals surface area contributed by atoms with E-state index < -0.39 is 0 Å². The molecule has 0 aliphatic carbocycles. The molecule has 104 valence electrons. The van der Waals surface area contributed by atoms with E-state index in [0.717, 1.165) is 15.7 Å². The van der Waals surface area contributed by atoms with Gasteiger partial charge in [-0.1, -0.05) is 29.3 Å². The fourth-order valence-corrected chi connectivity index (χ4v) is 2.20. The maximum Gasteiger partial charge on any atom is 0.228 e. The van der Waals surface area contributed by atoms with Gasteiger partial charge < -0.3 is 5.32 Å². The molecule has 0 unspecified atom stereocenters. The summed E-state index contributed by atoms with van der Waals surface area (Å²) in [6.07, 6.45) is 1.83. The number of amides is 1. The van der Waals surface area contributed by atoms with Gasteiger partial charge in [0.05, 0.1) is 28.4 Å². The number of nitrogens with zero attached hydrogens (tertiary/aromatic N) is 1. The lowest BCUT2D eigenvalue weighted by Gasteiger charge is -2.07. The number of pyridine rings is 1. The van der Waals surface area contributed by atoms with Crippen LogP contribution < -0.4 is 5.32 Å². The average molecular weight is 374 g/mol. The zero-order valence-electron chi connectivity index (χ0n) is 10.6. The Hall–Kier alpha value is -1.10. The number of carbonyl (C=O) groups is 1. The first-order valence-electron chi connectivity index (χ1n) is 5.81. The summed E-state index contributed by atoms with van der Waals surface area (Å²) in [6.45, 7) is 1.91. The summed E-state index contributed by atoms with van der Waals surface area (Å²) >= 11 is 15.1. The summed E-state index contributed by atoms with van der Waals surface area (Å²) in [5.74, 6) is -0.132. The van der Waals surface area contributed by atoms with Gasteiger partial charge >= 0.3 is 0 Å². The average Bonchev–Trinajstić information content (AvgIpc) is 2.38. The topological polar surface area (TPSA) is 42.0 Å². The molecule has 3 nitrogen and oxygen atoms in total. The van der Waals surface area contributed by atoms with Gasteiger partial charge in [-0.15, -0.1) is 0 Å². The molecule has 1 N–H and O–H groups in total. The SMILES string of the molecule is Cc1cc(NC(=O)Cc2ccc(Cl)c(Cl)c2)cnc1Br. The van der Waals surface area contributed by atoms with Crippen molar-refractivity contribution in [2.45, 2.75) is 13.3 Å². The monoisotopic (exact) mass is 372 g/mol. The number of anilines is 1. The molecular formula is C14H11BrCl2N2O. The molecule has 0 fully saturated rings. The van der Waals surface area contributed by atoms with Crippen LogP contribution in [0.5, 0.6) is 0 Å². The van der Waals surface area contributed by atoms with Gasteiger partial charge in [0.15, 0.2) is 0 Å². The smallest absolute Gasteiger partial charge is 0.228 e. The number of carbonyl (C=O) groups excluding carboxylic acids is 1. The molecule has 0 bridgehead atoms. The number of aromatic nitrogens is 1. The Bertz CT molecular complexity index is 606. The highest BCUT2D eigenvalue weighted by atomic mass is 79.9. The van der Waals surface area contributed by atoms with Crippen LogP contribution in [0.4, 0.5) is 5.69 Å². The molecule has 20 heavy (non-hydrogen) atoms. The predicted molar refractivity (Wildman–Crippen MR) is 85.5 cm³/mol. The zero-order valence-corrected chi connectivity index (χ0v) is 13.7. The fraction of sp³-hybridized carbons (Fsp3) is 0.143. The number of aryl methyl sites for hydroxylation is 1. The maximum absolute atomic E-state index is 11.9. The Morgan fingerprint density at radius 2 is 2.05 bits per heavy atom. The highest BCUT2D eigenvalue weighted by molar-refractivity contribution is 9.10. The molecule has 0 saturated carbocycles. The van der Waals surface area contributed by atoms with Crippen molar-refractivity contribution in [1.29, 1.82) is 0 Å². The minimum Gasteiger partial charge on any atom is -0.324 e. The minimum atomic E-state index is -0.132. The van der Waals surface area contributed by atoms with Crippen molar-refractivity contribution in [3.05, 3.63) is 56.2 Å². The van der Waals surface area contributed by atoms with Crippen LogP contribution in [-0.2, 0) is 11.2 Å². The quantitative estimate of drug-likeness (QED) is 0.796. The van der Waals surface area contributed by atoms with Crippen LogP contribution in [-0.4, -0.2) is 10.9 Å². The van der Waals surface area contributed by atoms with E-state index in [1.807, 2.05) is 13.0 Å². The molecule has 1 amide bonds. The van der Waals surface area contributed by atoms with Crippen LogP contribution in [0.3, 0.4) is 0 Å². The van der Waals surface area contributed by atoms with Crippen LogP contribution >= 0.6 is 39.1 Å². The van der Waals surface area contributed by atoms with Crippen molar-refractivity contribution in [1.82, 2.24) is 4.98 Å². The maximum atomic E-state index is 11.9. The second-order valence-electron chi connectivity index (χ2n) is 4.31. The summed E-state index contributed by atoms with van der Waals surface area (Å²) in [7, 11) is 0. The van der Waals surface area contributed by atoms with Crippen molar-refractivity contribution >= 4 is 50.7 Å². The molecule has 1 heterocycles. The van der Waals surface area contributed by atoms with E-state index in [2.05, 4.69) is 26.2 Å². The minimum absolute atomic E-state index is 0.132.